The van der Waals surface area contributed by atoms with Crippen molar-refractivity contribution in [3.63, 3.8) is 0 Å². The van der Waals surface area contributed by atoms with E-state index in [1.807, 2.05) is 25.1 Å². The molecule has 1 aliphatic rings. The van der Waals surface area contributed by atoms with E-state index in [-0.39, 0.29) is 22.5 Å². The maximum Gasteiger partial charge on any atom is 0.243 e. The Labute approximate surface area is 186 Å². The Morgan fingerprint density at radius 1 is 1.07 bits per heavy atom. The summed E-state index contributed by atoms with van der Waals surface area (Å²) in [5.41, 5.74) is 2.32. The van der Waals surface area contributed by atoms with Crippen LogP contribution in [-0.4, -0.2) is 44.6 Å². The molecule has 3 rings (SSSR count). The van der Waals surface area contributed by atoms with E-state index < -0.39 is 10.0 Å². The second kappa shape index (κ2) is 8.99. The van der Waals surface area contributed by atoms with E-state index in [1.54, 1.807) is 11.9 Å². The fraction of sp³-hybridized carbons (Fsp3) is 0.364. The number of nitrogens with zero attached hydrogens (tertiary/aromatic N) is 2. The average Bonchev–Trinajstić information content (AvgIpc) is 2.73. The van der Waals surface area contributed by atoms with Crippen LogP contribution in [0.5, 0.6) is 0 Å². The summed E-state index contributed by atoms with van der Waals surface area (Å²) in [5, 5.41) is 0. The summed E-state index contributed by atoms with van der Waals surface area (Å²) in [6.07, 6.45) is 0.951. The number of amides is 1. The number of ketones is 1. The highest BCUT2D eigenvalue weighted by atomic mass is 79.9. The maximum absolute atomic E-state index is 13.0. The van der Waals surface area contributed by atoms with Gasteiger partial charge in [0, 0.05) is 41.8 Å². The van der Waals surface area contributed by atoms with Gasteiger partial charge in [0.2, 0.25) is 15.9 Å². The molecule has 1 fully saturated rings. The first kappa shape index (κ1) is 22.7. The number of sulfonamides is 1. The third kappa shape index (κ3) is 4.66. The van der Waals surface area contributed by atoms with Crippen molar-refractivity contribution in [3.8, 4) is 0 Å². The molecule has 2 aromatic rings. The number of piperidine rings is 1. The van der Waals surface area contributed by atoms with Gasteiger partial charge in [-0.1, -0.05) is 28.1 Å². The van der Waals surface area contributed by atoms with Crippen molar-refractivity contribution in [3.05, 3.63) is 58.1 Å². The van der Waals surface area contributed by atoms with Gasteiger partial charge >= 0.3 is 0 Å². The number of aryl methyl sites for hydroxylation is 1. The zero-order chi connectivity index (χ0) is 22.1. The van der Waals surface area contributed by atoms with Crippen molar-refractivity contribution < 1.29 is 18.0 Å². The number of carbonyl (C=O) groups is 2. The topological polar surface area (TPSA) is 74.8 Å². The van der Waals surface area contributed by atoms with Crippen molar-refractivity contribution in [2.45, 2.75) is 31.6 Å². The Morgan fingerprint density at radius 2 is 1.67 bits per heavy atom. The summed E-state index contributed by atoms with van der Waals surface area (Å²) in [6.45, 7) is 3.98. The van der Waals surface area contributed by atoms with Gasteiger partial charge in [-0.15, -0.1) is 0 Å². The van der Waals surface area contributed by atoms with E-state index in [9.17, 15) is 18.0 Å². The molecular formula is C22H25BrN2O4S. The van der Waals surface area contributed by atoms with Crippen molar-refractivity contribution in [1.29, 1.82) is 0 Å². The molecule has 30 heavy (non-hydrogen) atoms. The molecule has 1 aliphatic heterocycles. The molecule has 0 N–H and O–H groups in total. The van der Waals surface area contributed by atoms with Crippen molar-refractivity contribution in [2.24, 2.45) is 5.92 Å². The molecule has 160 valence electrons. The van der Waals surface area contributed by atoms with Crippen LogP contribution >= 0.6 is 15.9 Å². The van der Waals surface area contributed by atoms with Gasteiger partial charge in [0.25, 0.3) is 0 Å². The minimum Gasteiger partial charge on any atom is -0.315 e. The van der Waals surface area contributed by atoms with Gasteiger partial charge in [-0.05, 0) is 62.6 Å². The van der Waals surface area contributed by atoms with E-state index in [0.29, 0.717) is 31.5 Å². The molecule has 1 saturated heterocycles. The van der Waals surface area contributed by atoms with Crippen LogP contribution in [0, 0.1) is 12.8 Å². The summed E-state index contributed by atoms with van der Waals surface area (Å²) >= 11 is 3.43. The molecular weight excluding hydrogens is 468 g/mol. The first-order valence-electron chi connectivity index (χ1n) is 9.76. The Morgan fingerprint density at radius 3 is 2.20 bits per heavy atom. The lowest BCUT2D eigenvalue weighted by atomic mass is 9.96. The van der Waals surface area contributed by atoms with Crippen molar-refractivity contribution >= 4 is 43.3 Å². The largest absolute Gasteiger partial charge is 0.315 e. The summed E-state index contributed by atoms with van der Waals surface area (Å²) in [7, 11) is -1.88. The number of hydrogen-bond acceptors (Lipinski definition) is 4. The number of halogens is 1. The number of Topliss-reactive ketones (excluding diaryl/α,β-unsaturated/α-hetero) is 1. The summed E-state index contributed by atoms with van der Waals surface area (Å²) in [5.74, 6) is -0.323. The zero-order valence-corrected chi connectivity index (χ0v) is 19.7. The predicted octanol–water partition coefficient (Wildman–Crippen LogP) is 4.02. The Bertz CT molecular complexity index is 1060. The number of anilines is 1. The van der Waals surface area contributed by atoms with Gasteiger partial charge in [-0.2, -0.15) is 4.31 Å². The normalized spacial score (nSPS) is 15.7. The molecule has 0 saturated carbocycles. The highest BCUT2D eigenvalue weighted by molar-refractivity contribution is 9.10. The van der Waals surface area contributed by atoms with Gasteiger partial charge in [-0.3, -0.25) is 9.59 Å². The molecule has 0 atom stereocenters. The Kier molecular flexibility index (Phi) is 6.79. The molecule has 0 aliphatic carbocycles. The van der Waals surface area contributed by atoms with E-state index in [4.69, 9.17) is 0 Å². The van der Waals surface area contributed by atoms with Crippen LogP contribution in [-0.2, 0) is 14.8 Å². The van der Waals surface area contributed by atoms with Gasteiger partial charge in [0.05, 0.1) is 4.90 Å². The van der Waals surface area contributed by atoms with Gasteiger partial charge in [0.1, 0.15) is 0 Å². The van der Waals surface area contributed by atoms with Crippen LogP contribution in [0.2, 0.25) is 0 Å². The molecule has 8 heteroatoms. The summed E-state index contributed by atoms with van der Waals surface area (Å²) < 4.78 is 28.2. The standard InChI is InChI=1S/C22H25BrN2O4S/c1-15-14-19(23)6-9-21(15)24(3)22(27)18-10-12-25(13-11-18)30(28,29)20-7-4-17(5-8-20)16(2)26/h4-9,14,18H,10-13H2,1-3H3. The molecule has 0 spiro atoms. The molecule has 1 amide bonds. The lowest BCUT2D eigenvalue weighted by molar-refractivity contribution is -0.123. The maximum atomic E-state index is 13.0. The number of benzene rings is 2. The fourth-order valence-electron chi connectivity index (χ4n) is 3.74. The van der Waals surface area contributed by atoms with Crippen LogP contribution in [0.15, 0.2) is 51.8 Å². The quantitative estimate of drug-likeness (QED) is 0.590. The number of hydrogen-bond donors (Lipinski definition) is 0. The van der Waals surface area contributed by atoms with Crippen molar-refractivity contribution in [1.82, 2.24) is 4.31 Å². The molecule has 6 nitrogen and oxygen atoms in total. The van der Waals surface area contributed by atoms with Crippen LogP contribution in [0.25, 0.3) is 0 Å². The third-order valence-electron chi connectivity index (χ3n) is 5.55. The Balaban J connectivity index is 1.67. The second-order valence-electron chi connectivity index (χ2n) is 7.59. The van der Waals surface area contributed by atoms with Crippen molar-refractivity contribution in [2.75, 3.05) is 25.0 Å². The first-order chi connectivity index (χ1) is 14.1. The van der Waals surface area contributed by atoms with E-state index in [2.05, 4.69) is 15.9 Å². The van der Waals surface area contributed by atoms with Gasteiger partial charge in [0.15, 0.2) is 5.78 Å². The Hall–Kier alpha value is -2.03. The molecule has 1 heterocycles. The van der Waals surface area contributed by atoms with E-state index in [0.717, 1.165) is 15.7 Å². The van der Waals surface area contributed by atoms with Gasteiger partial charge < -0.3 is 4.90 Å². The van der Waals surface area contributed by atoms with Crippen LogP contribution < -0.4 is 4.90 Å². The highest BCUT2D eigenvalue weighted by Gasteiger charge is 2.33. The molecule has 0 unspecified atom stereocenters. The van der Waals surface area contributed by atoms with Crippen LogP contribution in [0.4, 0.5) is 5.69 Å². The average molecular weight is 493 g/mol. The lowest BCUT2D eigenvalue weighted by Crippen LogP contribution is -2.43. The minimum absolute atomic E-state index is 0.00304. The summed E-state index contributed by atoms with van der Waals surface area (Å²) in [4.78, 5) is 26.2. The molecule has 0 aromatic heterocycles. The monoisotopic (exact) mass is 492 g/mol. The van der Waals surface area contributed by atoms with E-state index >= 15 is 0 Å². The minimum atomic E-state index is -3.65. The number of rotatable bonds is 5. The summed E-state index contributed by atoms with van der Waals surface area (Å²) in [6, 6.07) is 11.8. The SMILES string of the molecule is CC(=O)c1ccc(S(=O)(=O)N2CCC(C(=O)N(C)c3ccc(Br)cc3C)CC2)cc1. The fourth-order valence-corrected chi connectivity index (χ4v) is 5.69. The van der Waals surface area contributed by atoms with Crippen LogP contribution in [0.3, 0.4) is 0 Å². The second-order valence-corrected chi connectivity index (χ2v) is 10.4. The first-order valence-corrected chi connectivity index (χ1v) is 12.0. The molecule has 0 bridgehead atoms. The smallest absolute Gasteiger partial charge is 0.243 e. The predicted molar refractivity (Wildman–Crippen MR) is 120 cm³/mol. The van der Waals surface area contributed by atoms with E-state index in [1.165, 1.54) is 35.5 Å². The molecule has 2 aromatic carbocycles. The number of carbonyl (C=O) groups excluding carboxylic acids is 2. The third-order valence-corrected chi connectivity index (χ3v) is 7.96. The lowest BCUT2D eigenvalue weighted by Gasteiger charge is -2.33. The van der Waals surface area contributed by atoms with Crippen LogP contribution in [0.1, 0.15) is 35.7 Å². The highest BCUT2D eigenvalue weighted by Crippen LogP contribution is 2.29. The zero-order valence-electron chi connectivity index (χ0n) is 17.3. The molecule has 0 radical (unpaired) electrons. The van der Waals surface area contributed by atoms with Gasteiger partial charge in [-0.25, -0.2) is 8.42 Å².